The van der Waals surface area contributed by atoms with Crippen molar-refractivity contribution >= 4 is 12.0 Å². The largest absolute Gasteiger partial charge is 0.444 e. The number of carbonyl (C=O) groups is 2. The van der Waals surface area contributed by atoms with Crippen LogP contribution in [-0.4, -0.2) is 60.6 Å². The lowest BCUT2D eigenvalue weighted by molar-refractivity contribution is -0.140. The molecule has 112 valence electrons. The Hall–Kier alpha value is -1.34. The molecule has 7 nitrogen and oxygen atoms in total. The minimum Gasteiger partial charge on any atom is -0.444 e. The Balaban J connectivity index is 4.00. The maximum absolute atomic E-state index is 11.6. The Morgan fingerprint density at radius 2 is 1.95 bits per heavy atom. The van der Waals surface area contributed by atoms with Crippen molar-refractivity contribution < 1.29 is 24.2 Å². The van der Waals surface area contributed by atoms with E-state index in [4.69, 9.17) is 9.47 Å². The summed E-state index contributed by atoms with van der Waals surface area (Å²) in [5.41, 5.74) is -0.607. The van der Waals surface area contributed by atoms with Gasteiger partial charge in [0.25, 0.3) is 0 Å². The number of amides is 2. The summed E-state index contributed by atoms with van der Waals surface area (Å²) in [6, 6.07) is 0. The van der Waals surface area contributed by atoms with Crippen LogP contribution in [-0.2, 0) is 14.3 Å². The normalized spacial score (nSPS) is 12.7. The zero-order valence-corrected chi connectivity index (χ0v) is 12.2. The highest BCUT2D eigenvalue weighted by atomic mass is 16.6. The SMILES string of the molecule is CCOC(O)CN(C)C(=O)CNC(=O)OC(C)(C)C. The van der Waals surface area contributed by atoms with Gasteiger partial charge in [-0.2, -0.15) is 0 Å². The standard InChI is InChI=1S/C12H24N2O5/c1-6-18-10(16)8-14(5)9(15)7-13-11(17)19-12(2,3)4/h10,16H,6-8H2,1-5H3,(H,13,17). The molecule has 0 saturated heterocycles. The molecular weight excluding hydrogens is 252 g/mol. The molecule has 0 rings (SSSR count). The number of rotatable bonds is 6. The van der Waals surface area contributed by atoms with Gasteiger partial charge in [-0.05, 0) is 27.7 Å². The fourth-order valence-electron chi connectivity index (χ4n) is 1.18. The van der Waals surface area contributed by atoms with Crippen LogP contribution in [0.3, 0.4) is 0 Å². The van der Waals surface area contributed by atoms with Crippen LogP contribution in [0.15, 0.2) is 0 Å². The number of carbonyl (C=O) groups excluding carboxylic acids is 2. The first kappa shape index (κ1) is 17.7. The average molecular weight is 276 g/mol. The highest BCUT2D eigenvalue weighted by Gasteiger charge is 2.18. The summed E-state index contributed by atoms with van der Waals surface area (Å²) in [6.07, 6.45) is -1.68. The van der Waals surface area contributed by atoms with Gasteiger partial charge in [-0.3, -0.25) is 4.79 Å². The Kier molecular flexibility index (Phi) is 7.40. The number of likely N-dealkylation sites (N-methyl/N-ethyl adjacent to an activating group) is 1. The van der Waals surface area contributed by atoms with Crippen LogP contribution in [0.2, 0.25) is 0 Å². The molecule has 0 aromatic heterocycles. The zero-order chi connectivity index (χ0) is 15.1. The van der Waals surface area contributed by atoms with Crippen LogP contribution in [0.1, 0.15) is 27.7 Å². The van der Waals surface area contributed by atoms with E-state index in [9.17, 15) is 14.7 Å². The number of aliphatic hydroxyl groups excluding tert-OH is 1. The maximum Gasteiger partial charge on any atom is 0.408 e. The summed E-state index contributed by atoms with van der Waals surface area (Å²) in [5, 5.41) is 11.7. The van der Waals surface area contributed by atoms with Crippen LogP contribution in [0, 0.1) is 0 Å². The lowest BCUT2D eigenvalue weighted by atomic mass is 10.2. The summed E-state index contributed by atoms with van der Waals surface area (Å²) in [7, 11) is 1.52. The molecule has 1 unspecified atom stereocenters. The molecular formula is C12H24N2O5. The van der Waals surface area contributed by atoms with Crippen LogP contribution < -0.4 is 5.32 Å². The lowest BCUT2D eigenvalue weighted by Crippen LogP contribution is -2.43. The molecule has 0 bridgehead atoms. The third-order valence-electron chi connectivity index (χ3n) is 2.00. The number of aliphatic hydroxyl groups is 1. The highest BCUT2D eigenvalue weighted by molar-refractivity contribution is 5.82. The predicted octanol–water partition coefficient (Wildman–Crippen LogP) is 0.324. The molecule has 0 saturated carbocycles. The molecule has 2 N–H and O–H groups in total. The van der Waals surface area contributed by atoms with Crippen molar-refractivity contribution in [2.45, 2.75) is 39.6 Å². The van der Waals surface area contributed by atoms with Crippen molar-refractivity contribution in [3.8, 4) is 0 Å². The van der Waals surface area contributed by atoms with E-state index in [0.29, 0.717) is 6.61 Å². The highest BCUT2D eigenvalue weighted by Crippen LogP contribution is 2.06. The minimum absolute atomic E-state index is 0.0443. The number of hydrogen-bond donors (Lipinski definition) is 2. The van der Waals surface area contributed by atoms with Crippen molar-refractivity contribution in [3.63, 3.8) is 0 Å². The van der Waals surface area contributed by atoms with Crippen molar-refractivity contribution in [3.05, 3.63) is 0 Å². The Bertz CT molecular complexity index is 301. The van der Waals surface area contributed by atoms with Crippen molar-refractivity contribution in [1.29, 1.82) is 0 Å². The minimum atomic E-state index is -1.03. The smallest absolute Gasteiger partial charge is 0.408 e. The van der Waals surface area contributed by atoms with Crippen LogP contribution in [0.4, 0.5) is 4.79 Å². The number of nitrogens with zero attached hydrogens (tertiary/aromatic N) is 1. The van der Waals surface area contributed by atoms with Gasteiger partial charge >= 0.3 is 6.09 Å². The Labute approximate surface area is 113 Å². The Morgan fingerprint density at radius 1 is 1.37 bits per heavy atom. The predicted molar refractivity (Wildman–Crippen MR) is 69.5 cm³/mol. The molecule has 19 heavy (non-hydrogen) atoms. The van der Waals surface area contributed by atoms with Crippen molar-refractivity contribution in [2.75, 3.05) is 26.7 Å². The van der Waals surface area contributed by atoms with Gasteiger partial charge in [-0.15, -0.1) is 0 Å². The summed E-state index contributed by atoms with van der Waals surface area (Å²) in [5.74, 6) is -0.343. The van der Waals surface area contributed by atoms with Crippen LogP contribution >= 0.6 is 0 Å². The molecule has 0 aliphatic carbocycles. The quantitative estimate of drug-likeness (QED) is 0.682. The zero-order valence-electron chi connectivity index (χ0n) is 12.2. The van der Waals surface area contributed by atoms with Gasteiger partial charge in [0, 0.05) is 13.7 Å². The lowest BCUT2D eigenvalue weighted by Gasteiger charge is -2.22. The maximum atomic E-state index is 11.6. The molecule has 0 spiro atoms. The summed E-state index contributed by atoms with van der Waals surface area (Å²) >= 11 is 0. The molecule has 7 heteroatoms. The van der Waals surface area contributed by atoms with Gasteiger partial charge in [-0.25, -0.2) is 4.79 Å². The summed E-state index contributed by atoms with van der Waals surface area (Å²) < 4.78 is 9.90. The molecule has 1 atom stereocenters. The summed E-state index contributed by atoms with van der Waals surface area (Å²) in [6.45, 7) is 7.16. The summed E-state index contributed by atoms with van der Waals surface area (Å²) in [4.78, 5) is 24.2. The van der Waals surface area contributed by atoms with E-state index in [-0.39, 0.29) is 19.0 Å². The van der Waals surface area contributed by atoms with Crippen LogP contribution in [0.5, 0.6) is 0 Å². The molecule has 0 aliphatic rings. The molecule has 0 radical (unpaired) electrons. The topological polar surface area (TPSA) is 88.1 Å². The van der Waals surface area contributed by atoms with E-state index in [1.807, 2.05) is 0 Å². The van der Waals surface area contributed by atoms with Gasteiger partial charge in [0.1, 0.15) is 12.1 Å². The van der Waals surface area contributed by atoms with Gasteiger partial charge in [-0.1, -0.05) is 0 Å². The number of hydrogen-bond acceptors (Lipinski definition) is 5. The van der Waals surface area contributed by atoms with Crippen molar-refractivity contribution in [1.82, 2.24) is 10.2 Å². The molecule has 0 heterocycles. The average Bonchev–Trinajstić information content (AvgIpc) is 2.23. The number of alkyl carbamates (subject to hydrolysis) is 1. The van der Waals surface area contributed by atoms with Crippen molar-refractivity contribution in [2.24, 2.45) is 0 Å². The number of nitrogens with one attached hydrogen (secondary N) is 1. The van der Waals surface area contributed by atoms with E-state index in [1.165, 1.54) is 11.9 Å². The van der Waals surface area contributed by atoms with E-state index in [2.05, 4.69) is 5.32 Å². The third-order valence-corrected chi connectivity index (χ3v) is 2.00. The monoisotopic (exact) mass is 276 g/mol. The second kappa shape index (κ2) is 7.96. The van der Waals surface area contributed by atoms with E-state index < -0.39 is 18.0 Å². The molecule has 0 fully saturated rings. The fraction of sp³-hybridized carbons (Fsp3) is 0.833. The molecule has 0 aromatic carbocycles. The van der Waals surface area contributed by atoms with Gasteiger partial charge < -0.3 is 24.8 Å². The van der Waals surface area contributed by atoms with E-state index >= 15 is 0 Å². The molecule has 2 amide bonds. The second-order valence-electron chi connectivity index (χ2n) is 5.04. The van der Waals surface area contributed by atoms with E-state index in [0.717, 1.165) is 0 Å². The first-order chi connectivity index (χ1) is 8.65. The number of ether oxygens (including phenoxy) is 2. The van der Waals surface area contributed by atoms with Crippen LogP contribution in [0.25, 0.3) is 0 Å². The third kappa shape index (κ3) is 9.26. The first-order valence-electron chi connectivity index (χ1n) is 6.16. The van der Waals surface area contributed by atoms with Gasteiger partial charge in [0.05, 0.1) is 6.54 Å². The fourth-order valence-corrected chi connectivity index (χ4v) is 1.18. The first-order valence-corrected chi connectivity index (χ1v) is 6.16. The van der Waals surface area contributed by atoms with E-state index in [1.54, 1.807) is 27.7 Å². The van der Waals surface area contributed by atoms with Gasteiger partial charge in [0.2, 0.25) is 5.91 Å². The van der Waals surface area contributed by atoms with Gasteiger partial charge in [0.15, 0.2) is 6.29 Å². The second-order valence-corrected chi connectivity index (χ2v) is 5.04. The molecule has 0 aliphatic heterocycles. The Morgan fingerprint density at radius 3 is 2.42 bits per heavy atom. The molecule has 0 aromatic rings.